The minimum Gasteiger partial charge on any atom is -0.427 e. The number of aliphatic hydroxyl groups is 1. The zero-order chi connectivity index (χ0) is 13.3. The molecule has 1 unspecified atom stereocenters. The second kappa shape index (κ2) is 3.16. The maximum atomic E-state index is 11.7. The van der Waals surface area contributed by atoms with Crippen LogP contribution in [-0.2, 0) is 9.47 Å². The summed E-state index contributed by atoms with van der Waals surface area (Å²) in [5, 5.41) is 10.3. The van der Waals surface area contributed by atoms with Crippen LogP contribution in [0.4, 0.5) is 0 Å². The lowest BCUT2D eigenvalue weighted by Gasteiger charge is -2.18. The molecule has 19 heavy (non-hydrogen) atoms. The molecule has 0 aromatic carbocycles. The lowest BCUT2D eigenvalue weighted by atomic mass is 10.0. The van der Waals surface area contributed by atoms with Crippen LogP contribution in [0.15, 0.2) is 6.20 Å². The first-order valence-corrected chi connectivity index (χ1v) is 6.00. The third-order valence-corrected chi connectivity index (χ3v) is 4.19. The van der Waals surface area contributed by atoms with Crippen LogP contribution < -0.4 is 0 Å². The van der Waals surface area contributed by atoms with Gasteiger partial charge in [-0.1, -0.05) is 0 Å². The van der Waals surface area contributed by atoms with Crippen LogP contribution in [0.25, 0.3) is 10.8 Å². The Morgan fingerprint density at radius 3 is 2.74 bits per heavy atom. The summed E-state index contributed by atoms with van der Waals surface area (Å²) in [6.45, 7) is 0. The number of hydrogen-bond donors (Lipinski definition) is 1. The van der Waals surface area contributed by atoms with Gasteiger partial charge < -0.3 is 14.6 Å². The average Bonchev–Trinajstić information content (AvgIpc) is 2.76. The smallest absolute Gasteiger partial charge is 0.365 e. The van der Waals surface area contributed by atoms with Crippen molar-refractivity contribution in [1.82, 2.24) is 4.98 Å². The van der Waals surface area contributed by atoms with E-state index in [1.807, 2.05) is 0 Å². The highest BCUT2D eigenvalue weighted by atomic mass is 32.1. The molecular weight excluding hydrogens is 274 g/mol. The van der Waals surface area contributed by atoms with E-state index in [1.54, 1.807) is 0 Å². The van der Waals surface area contributed by atoms with Crippen LogP contribution >= 0.6 is 11.3 Å². The number of pyridine rings is 1. The molecule has 0 spiro atoms. The van der Waals surface area contributed by atoms with Crippen molar-refractivity contribution in [2.45, 2.75) is 6.29 Å². The number of hydrogen-bond acceptors (Lipinski definition) is 8. The zero-order valence-electron chi connectivity index (χ0n) is 9.00. The Balaban J connectivity index is 2.25. The summed E-state index contributed by atoms with van der Waals surface area (Å²) in [5.74, 6) is -2.41. The van der Waals surface area contributed by atoms with Gasteiger partial charge in [-0.3, -0.25) is 0 Å². The fourth-order valence-electron chi connectivity index (χ4n) is 2.22. The second-order valence-electron chi connectivity index (χ2n) is 4.00. The number of esters is 3. The van der Waals surface area contributed by atoms with Gasteiger partial charge in [0.05, 0.1) is 10.4 Å². The summed E-state index contributed by atoms with van der Waals surface area (Å²) in [6, 6.07) is 0. The summed E-state index contributed by atoms with van der Waals surface area (Å²) in [4.78, 5) is 39.2. The molecule has 0 aliphatic carbocycles. The molecule has 4 rings (SSSR count). The largest absolute Gasteiger partial charge is 0.427 e. The number of thiophene rings is 1. The predicted octanol–water partition coefficient (Wildman–Crippen LogP) is 0.768. The molecule has 2 aliphatic heterocycles. The molecule has 0 saturated carbocycles. The molecular formula is C11H3NO6S. The van der Waals surface area contributed by atoms with Crippen LogP contribution in [0.5, 0.6) is 0 Å². The van der Waals surface area contributed by atoms with E-state index >= 15 is 0 Å². The molecule has 7 nitrogen and oxygen atoms in total. The molecule has 0 saturated heterocycles. The molecule has 0 bridgehead atoms. The zero-order valence-corrected chi connectivity index (χ0v) is 9.82. The van der Waals surface area contributed by atoms with Gasteiger partial charge in [-0.2, -0.15) is 0 Å². The molecule has 8 heteroatoms. The molecule has 2 aliphatic rings. The number of nitrogens with zero attached hydrogens (tertiary/aromatic N) is 1. The summed E-state index contributed by atoms with van der Waals surface area (Å²) in [5.41, 5.74) is 0.0989. The standard InChI is InChI=1S/C11H3NO6S/c13-8-2-1-12-5-4-3(2)6(10(15)17-8)19-7(4)11(16)18-9(5)14/h1,10,15H. The van der Waals surface area contributed by atoms with Crippen molar-refractivity contribution in [3.05, 3.63) is 27.2 Å². The van der Waals surface area contributed by atoms with E-state index in [1.165, 1.54) is 6.20 Å². The van der Waals surface area contributed by atoms with E-state index in [0.717, 1.165) is 11.3 Å². The molecule has 2 aromatic heterocycles. The quantitative estimate of drug-likeness (QED) is 0.560. The van der Waals surface area contributed by atoms with Gasteiger partial charge in [0.25, 0.3) is 0 Å². The third kappa shape index (κ3) is 1.14. The summed E-state index contributed by atoms with van der Waals surface area (Å²) in [6.07, 6.45) is -0.263. The van der Waals surface area contributed by atoms with Crippen molar-refractivity contribution in [2.24, 2.45) is 0 Å². The Labute approximate surface area is 108 Å². The van der Waals surface area contributed by atoms with Gasteiger partial charge in [-0.05, 0) is 0 Å². The van der Waals surface area contributed by atoms with Crippen molar-refractivity contribution in [3.63, 3.8) is 0 Å². The van der Waals surface area contributed by atoms with Gasteiger partial charge in [0.1, 0.15) is 4.88 Å². The van der Waals surface area contributed by atoms with E-state index in [9.17, 15) is 19.5 Å². The van der Waals surface area contributed by atoms with E-state index in [4.69, 9.17) is 4.74 Å². The minimum atomic E-state index is -1.45. The molecule has 4 heterocycles. The van der Waals surface area contributed by atoms with Crippen LogP contribution in [0.1, 0.15) is 41.7 Å². The highest BCUT2D eigenvalue weighted by Crippen LogP contribution is 2.44. The normalized spacial score (nSPS) is 20.5. The van der Waals surface area contributed by atoms with Crippen molar-refractivity contribution >= 4 is 40.0 Å². The minimum absolute atomic E-state index is 0.0299. The number of carbonyl (C=O) groups is 3. The van der Waals surface area contributed by atoms with E-state index in [0.29, 0.717) is 10.3 Å². The van der Waals surface area contributed by atoms with Gasteiger partial charge in [-0.15, -0.1) is 11.3 Å². The molecule has 2 aromatic rings. The predicted molar refractivity (Wildman–Crippen MR) is 59.7 cm³/mol. The van der Waals surface area contributed by atoms with Crippen molar-refractivity contribution in [2.75, 3.05) is 0 Å². The van der Waals surface area contributed by atoms with Gasteiger partial charge in [0.15, 0.2) is 5.69 Å². The second-order valence-corrected chi connectivity index (χ2v) is 5.05. The summed E-state index contributed by atoms with van der Waals surface area (Å²) in [7, 11) is 0. The SMILES string of the molecule is O=C1OC(O)c2sc3c4c(ncc1c24)C(=O)OC3=O. The number of carbonyl (C=O) groups excluding carboxylic acids is 3. The molecule has 0 fully saturated rings. The molecule has 0 radical (unpaired) electrons. The number of aromatic nitrogens is 1. The van der Waals surface area contributed by atoms with Crippen LogP contribution in [0, 0.1) is 0 Å². The summed E-state index contributed by atoms with van der Waals surface area (Å²) < 4.78 is 9.28. The van der Waals surface area contributed by atoms with Gasteiger partial charge >= 0.3 is 17.9 Å². The maximum Gasteiger partial charge on any atom is 0.365 e. The Morgan fingerprint density at radius 2 is 1.95 bits per heavy atom. The molecule has 94 valence electrons. The van der Waals surface area contributed by atoms with Crippen molar-refractivity contribution in [1.29, 1.82) is 0 Å². The van der Waals surface area contributed by atoms with Gasteiger partial charge in [0, 0.05) is 17.0 Å². The van der Waals surface area contributed by atoms with E-state index < -0.39 is 24.2 Å². The first kappa shape index (κ1) is 10.6. The van der Waals surface area contributed by atoms with E-state index in [2.05, 4.69) is 9.72 Å². The molecule has 1 N–H and O–H groups in total. The first-order chi connectivity index (χ1) is 9.08. The number of aliphatic hydroxyl groups excluding tert-OH is 1. The van der Waals surface area contributed by atoms with Gasteiger partial charge in [0.2, 0.25) is 6.29 Å². The fraction of sp³-hybridized carbons (Fsp3) is 0.0909. The number of rotatable bonds is 0. The average molecular weight is 277 g/mol. The highest BCUT2D eigenvalue weighted by molar-refractivity contribution is 7.16. The van der Waals surface area contributed by atoms with E-state index in [-0.39, 0.29) is 21.5 Å². The molecule has 1 atom stereocenters. The van der Waals surface area contributed by atoms with Crippen LogP contribution in [0.2, 0.25) is 0 Å². The maximum absolute atomic E-state index is 11.7. The number of cyclic esters (lactones) is 3. The van der Waals surface area contributed by atoms with Gasteiger partial charge in [-0.25, -0.2) is 19.4 Å². The number of ether oxygens (including phenoxy) is 2. The Bertz CT molecular complexity index is 807. The lowest BCUT2D eigenvalue weighted by molar-refractivity contribution is -0.0665. The topological polar surface area (TPSA) is 103 Å². The monoisotopic (exact) mass is 277 g/mol. The Morgan fingerprint density at radius 1 is 1.16 bits per heavy atom. The van der Waals surface area contributed by atoms with Crippen LogP contribution in [-0.4, -0.2) is 28.0 Å². The first-order valence-electron chi connectivity index (χ1n) is 5.19. The van der Waals surface area contributed by atoms with Crippen LogP contribution in [0.3, 0.4) is 0 Å². The lowest BCUT2D eigenvalue weighted by Crippen LogP contribution is -2.21. The molecule has 0 amide bonds. The fourth-order valence-corrected chi connectivity index (χ4v) is 3.33. The Kier molecular flexibility index (Phi) is 1.76. The highest BCUT2D eigenvalue weighted by Gasteiger charge is 2.39. The third-order valence-electron chi connectivity index (χ3n) is 2.99. The van der Waals surface area contributed by atoms with Crippen molar-refractivity contribution < 1.29 is 29.0 Å². The Hall–Kier alpha value is -2.32. The van der Waals surface area contributed by atoms with Crippen molar-refractivity contribution in [3.8, 4) is 0 Å². The summed E-state index contributed by atoms with van der Waals surface area (Å²) >= 11 is 0.930.